The monoisotopic (exact) mass is 251 g/mol. The van der Waals surface area contributed by atoms with Crippen molar-refractivity contribution < 1.29 is 49.4 Å². The molecule has 0 aromatic carbocycles. The van der Waals surface area contributed by atoms with E-state index in [1.54, 1.807) is 0 Å². The number of halogens is 9. The highest BCUT2D eigenvalue weighted by Gasteiger charge is 2.76. The van der Waals surface area contributed by atoms with Gasteiger partial charge >= 0.3 is 24.5 Å². The van der Waals surface area contributed by atoms with Gasteiger partial charge in [0.15, 0.2) is 0 Å². The Morgan fingerprint density at radius 2 is 1.07 bits per heavy atom. The Balaban J connectivity index is 5.03. The molecule has 0 rings (SSSR count). The standard InChI is InChI=1S/C4F9O2/c5-1(14,2(6,7)8)3(9,10)15-4(11,12)13. The molecule has 2 nitrogen and oxygen atoms in total. The summed E-state index contributed by atoms with van der Waals surface area (Å²) in [5.41, 5.74) is 0. The van der Waals surface area contributed by atoms with E-state index in [0.717, 1.165) is 0 Å². The average Bonchev–Trinajstić information content (AvgIpc) is 1.77. The number of alkyl halides is 9. The van der Waals surface area contributed by atoms with Gasteiger partial charge < -0.3 is 0 Å². The van der Waals surface area contributed by atoms with Crippen LogP contribution in [-0.2, 0) is 9.84 Å². The summed E-state index contributed by atoms with van der Waals surface area (Å²) in [4.78, 5) is 0. The molecule has 0 fully saturated rings. The van der Waals surface area contributed by atoms with Crippen LogP contribution >= 0.6 is 0 Å². The first kappa shape index (κ1) is 14.3. The van der Waals surface area contributed by atoms with Crippen LogP contribution in [0, 0.1) is 0 Å². The van der Waals surface area contributed by atoms with Crippen LogP contribution in [0.4, 0.5) is 39.5 Å². The van der Waals surface area contributed by atoms with Gasteiger partial charge in [-0.15, -0.1) is 13.2 Å². The molecule has 11 heteroatoms. The molecule has 15 heavy (non-hydrogen) atoms. The van der Waals surface area contributed by atoms with E-state index in [4.69, 9.17) is 0 Å². The third-order valence-corrected chi connectivity index (χ3v) is 0.983. The van der Waals surface area contributed by atoms with Gasteiger partial charge in [-0.2, -0.15) is 31.4 Å². The molecule has 0 amide bonds. The van der Waals surface area contributed by atoms with Crippen molar-refractivity contribution in [2.45, 2.75) is 24.5 Å². The van der Waals surface area contributed by atoms with Gasteiger partial charge in [0.05, 0.1) is 0 Å². The summed E-state index contributed by atoms with van der Waals surface area (Å²) in [7, 11) is 0. The molecule has 0 heterocycles. The fraction of sp³-hybridized carbons (Fsp3) is 1.00. The van der Waals surface area contributed by atoms with Crippen molar-refractivity contribution in [2.24, 2.45) is 0 Å². The molecule has 1 unspecified atom stereocenters. The van der Waals surface area contributed by atoms with E-state index in [2.05, 4.69) is 0 Å². The molecule has 0 saturated heterocycles. The minimum atomic E-state index is -6.75. The van der Waals surface area contributed by atoms with E-state index in [0.29, 0.717) is 0 Å². The molecular weight excluding hydrogens is 251 g/mol. The molecule has 0 aromatic heterocycles. The zero-order valence-corrected chi connectivity index (χ0v) is 6.22. The Bertz CT molecular complexity index is 225. The van der Waals surface area contributed by atoms with Crippen LogP contribution in [0.5, 0.6) is 0 Å². The van der Waals surface area contributed by atoms with E-state index in [-0.39, 0.29) is 0 Å². The molecule has 0 spiro atoms. The summed E-state index contributed by atoms with van der Waals surface area (Å²) < 4.78 is 104. The van der Waals surface area contributed by atoms with Crippen molar-refractivity contribution in [1.82, 2.24) is 0 Å². The van der Waals surface area contributed by atoms with Crippen molar-refractivity contribution >= 4 is 0 Å². The predicted molar refractivity (Wildman–Crippen MR) is 22.7 cm³/mol. The van der Waals surface area contributed by atoms with Crippen LogP contribution in [0.2, 0.25) is 0 Å². The fourth-order valence-electron chi connectivity index (χ4n) is 0.376. The van der Waals surface area contributed by atoms with E-state index < -0.39 is 24.5 Å². The lowest BCUT2D eigenvalue weighted by atomic mass is 10.3. The summed E-state index contributed by atoms with van der Waals surface area (Å²) in [6.45, 7) is 0. The third-order valence-electron chi connectivity index (χ3n) is 0.983. The SMILES string of the molecule is [O]C(F)(C(F)(F)F)C(F)(F)OC(F)(F)F. The van der Waals surface area contributed by atoms with Crippen LogP contribution in [0.1, 0.15) is 0 Å². The Morgan fingerprint density at radius 1 is 0.733 bits per heavy atom. The van der Waals surface area contributed by atoms with Gasteiger partial charge in [0.25, 0.3) is 0 Å². The largest absolute Gasteiger partial charge is 0.527 e. The van der Waals surface area contributed by atoms with Crippen LogP contribution in [0.15, 0.2) is 0 Å². The van der Waals surface area contributed by atoms with Crippen molar-refractivity contribution in [3.05, 3.63) is 0 Å². The molecular formula is C4F9O2. The quantitative estimate of drug-likeness (QED) is 0.693. The maximum Gasteiger partial charge on any atom is 0.527 e. The summed E-state index contributed by atoms with van der Waals surface area (Å²) >= 11 is 0. The van der Waals surface area contributed by atoms with E-state index in [1.807, 2.05) is 0 Å². The van der Waals surface area contributed by atoms with E-state index >= 15 is 0 Å². The highest BCUT2D eigenvalue weighted by atomic mass is 19.4. The van der Waals surface area contributed by atoms with Crippen molar-refractivity contribution in [2.75, 3.05) is 0 Å². The van der Waals surface area contributed by atoms with Gasteiger partial charge in [-0.25, -0.2) is 4.74 Å². The summed E-state index contributed by atoms with van der Waals surface area (Å²) in [6.07, 6.45) is -19.6. The molecule has 1 atom stereocenters. The van der Waals surface area contributed by atoms with Gasteiger partial charge in [-0.1, -0.05) is 0 Å². The van der Waals surface area contributed by atoms with Gasteiger partial charge in [0, 0.05) is 0 Å². The molecule has 0 aliphatic carbocycles. The zero-order valence-electron chi connectivity index (χ0n) is 6.22. The fourth-order valence-corrected chi connectivity index (χ4v) is 0.376. The lowest BCUT2D eigenvalue weighted by Gasteiger charge is -2.27. The molecule has 0 saturated carbocycles. The summed E-state index contributed by atoms with van der Waals surface area (Å²) in [5, 5.41) is 9.66. The zero-order chi connectivity index (χ0) is 12.7. The Hall–Kier alpha value is -0.710. The molecule has 0 N–H and O–H groups in total. The predicted octanol–water partition coefficient (Wildman–Crippen LogP) is 2.77. The minimum absolute atomic E-state index is 1.48. The maximum absolute atomic E-state index is 11.8. The first-order valence-electron chi connectivity index (χ1n) is 2.81. The lowest BCUT2D eigenvalue weighted by molar-refractivity contribution is -0.519. The molecule has 91 valence electrons. The summed E-state index contributed by atoms with van der Waals surface area (Å²) in [6, 6.07) is 0. The smallest absolute Gasteiger partial charge is 0.221 e. The average molecular weight is 251 g/mol. The van der Waals surface area contributed by atoms with Crippen molar-refractivity contribution in [1.29, 1.82) is 0 Å². The second kappa shape index (κ2) is 3.40. The van der Waals surface area contributed by atoms with Crippen LogP contribution in [0.25, 0.3) is 0 Å². The second-order valence-corrected chi connectivity index (χ2v) is 2.16. The van der Waals surface area contributed by atoms with E-state index in [9.17, 15) is 44.6 Å². The maximum atomic E-state index is 11.8. The van der Waals surface area contributed by atoms with Crippen molar-refractivity contribution in [3.63, 3.8) is 0 Å². The van der Waals surface area contributed by atoms with Crippen LogP contribution < -0.4 is 0 Å². The molecule has 0 aromatic rings. The number of hydrogen-bond donors (Lipinski definition) is 0. The highest BCUT2D eigenvalue weighted by molar-refractivity contribution is 4.84. The third kappa shape index (κ3) is 3.12. The molecule has 0 aliphatic rings. The first-order valence-corrected chi connectivity index (χ1v) is 2.81. The minimum Gasteiger partial charge on any atom is -0.221 e. The van der Waals surface area contributed by atoms with Crippen LogP contribution in [0.3, 0.4) is 0 Å². The molecule has 0 bridgehead atoms. The normalized spacial score (nSPS) is 18.8. The Labute approximate surface area is 75.2 Å². The number of ether oxygens (including phenoxy) is 1. The second-order valence-electron chi connectivity index (χ2n) is 2.16. The number of hydrogen-bond acceptors (Lipinski definition) is 1. The Kier molecular flexibility index (Phi) is 3.24. The molecule has 0 aliphatic heterocycles. The number of rotatable bonds is 2. The van der Waals surface area contributed by atoms with Gasteiger partial charge in [-0.05, 0) is 0 Å². The first-order chi connectivity index (χ1) is 6.21. The molecule has 1 radical (unpaired) electrons. The topological polar surface area (TPSA) is 29.1 Å². The van der Waals surface area contributed by atoms with Gasteiger partial charge in [0.1, 0.15) is 0 Å². The Morgan fingerprint density at radius 3 is 1.27 bits per heavy atom. The van der Waals surface area contributed by atoms with Crippen LogP contribution in [-0.4, -0.2) is 24.5 Å². The summed E-state index contributed by atoms with van der Waals surface area (Å²) in [5.74, 6) is -6.68. The highest BCUT2D eigenvalue weighted by Crippen LogP contribution is 2.46. The van der Waals surface area contributed by atoms with Gasteiger partial charge in [-0.3, -0.25) is 0 Å². The lowest BCUT2D eigenvalue weighted by Crippen LogP contribution is -2.57. The van der Waals surface area contributed by atoms with Crippen molar-refractivity contribution in [3.8, 4) is 0 Å². The van der Waals surface area contributed by atoms with E-state index in [1.165, 1.54) is 4.74 Å². The van der Waals surface area contributed by atoms with Gasteiger partial charge in [0.2, 0.25) is 0 Å².